The summed E-state index contributed by atoms with van der Waals surface area (Å²) in [5.41, 5.74) is 7.23. The Morgan fingerprint density at radius 3 is 2.19 bits per heavy atom. The number of nitrogens with two attached hydrogens (primary N) is 1. The van der Waals surface area contributed by atoms with E-state index in [0.29, 0.717) is 0 Å². The first kappa shape index (κ1) is 12.6. The van der Waals surface area contributed by atoms with E-state index in [-0.39, 0.29) is 12.4 Å². The van der Waals surface area contributed by atoms with E-state index in [4.69, 9.17) is 5.84 Å². The summed E-state index contributed by atoms with van der Waals surface area (Å²) in [6.45, 7) is 2.09. The third-order valence-electron chi connectivity index (χ3n) is 2.38. The van der Waals surface area contributed by atoms with Crippen molar-refractivity contribution in [2.45, 2.75) is 6.92 Å². The Kier molecular flexibility index (Phi) is 4.35. The van der Waals surface area contributed by atoms with Gasteiger partial charge in [-0.05, 0) is 30.2 Å². The summed E-state index contributed by atoms with van der Waals surface area (Å²) in [7, 11) is 0. The van der Waals surface area contributed by atoms with Crippen molar-refractivity contribution in [2.24, 2.45) is 5.84 Å². The van der Waals surface area contributed by atoms with Crippen molar-refractivity contribution < 1.29 is 0 Å². The maximum atomic E-state index is 5.38. The highest BCUT2D eigenvalue weighted by molar-refractivity contribution is 5.85. The van der Waals surface area contributed by atoms with Gasteiger partial charge in [0.1, 0.15) is 0 Å². The summed E-state index contributed by atoms with van der Waals surface area (Å²) in [6.07, 6.45) is 0. The minimum absolute atomic E-state index is 0. The first-order valence-corrected chi connectivity index (χ1v) is 4.93. The number of anilines is 1. The van der Waals surface area contributed by atoms with Crippen molar-refractivity contribution >= 4 is 18.1 Å². The van der Waals surface area contributed by atoms with Gasteiger partial charge in [-0.3, -0.25) is 5.84 Å². The van der Waals surface area contributed by atoms with Gasteiger partial charge in [-0.25, -0.2) is 0 Å². The quantitative estimate of drug-likeness (QED) is 0.618. The van der Waals surface area contributed by atoms with Crippen molar-refractivity contribution in [1.29, 1.82) is 0 Å². The van der Waals surface area contributed by atoms with E-state index in [1.165, 1.54) is 16.7 Å². The van der Waals surface area contributed by atoms with Crippen molar-refractivity contribution in [3.63, 3.8) is 0 Å². The molecule has 0 unspecified atom stereocenters. The molecule has 0 radical (unpaired) electrons. The zero-order valence-corrected chi connectivity index (χ0v) is 9.92. The lowest BCUT2D eigenvalue weighted by Crippen LogP contribution is -2.06. The minimum atomic E-state index is 0. The molecule has 0 aromatic heterocycles. The number of nitrogens with one attached hydrogen (secondary N) is 1. The van der Waals surface area contributed by atoms with E-state index < -0.39 is 0 Å². The Morgan fingerprint density at radius 2 is 1.56 bits per heavy atom. The van der Waals surface area contributed by atoms with Gasteiger partial charge in [0, 0.05) is 5.69 Å². The van der Waals surface area contributed by atoms with Crippen molar-refractivity contribution in [1.82, 2.24) is 0 Å². The lowest BCUT2D eigenvalue weighted by atomic mass is 10.0. The van der Waals surface area contributed by atoms with E-state index >= 15 is 0 Å². The summed E-state index contributed by atoms with van der Waals surface area (Å²) in [4.78, 5) is 0. The smallest absolute Gasteiger partial charge is 0.0491 e. The van der Waals surface area contributed by atoms with Crippen LogP contribution < -0.4 is 11.3 Å². The first-order valence-electron chi connectivity index (χ1n) is 4.93. The van der Waals surface area contributed by atoms with Gasteiger partial charge in [0.25, 0.3) is 0 Å². The molecule has 2 aromatic carbocycles. The summed E-state index contributed by atoms with van der Waals surface area (Å²) < 4.78 is 0. The average molecular weight is 235 g/mol. The van der Waals surface area contributed by atoms with Gasteiger partial charge in [-0.15, -0.1) is 12.4 Å². The number of hydrogen-bond donors (Lipinski definition) is 2. The minimum Gasteiger partial charge on any atom is -0.324 e. The Morgan fingerprint density at radius 1 is 0.938 bits per heavy atom. The normalized spacial score (nSPS) is 9.38. The number of halogens is 1. The summed E-state index contributed by atoms with van der Waals surface area (Å²) in [5, 5.41) is 0. The number of hydrogen-bond acceptors (Lipinski definition) is 2. The summed E-state index contributed by atoms with van der Waals surface area (Å²) in [6, 6.07) is 16.5. The highest BCUT2D eigenvalue weighted by Crippen LogP contribution is 2.22. The summed E-state index contributed by atoms with van der Waals surface area (Å²) >= 11 is 0. The van der Waals surface area contributed by atoms with Crippen molar-refractivity contribution in [3.05, 3.63) is 54.1 Å². The van der Waals surface area contributed by atoms with Gasteiger partial charge in [-0.2, -0.15) is 0 Å². The SMILES string of the molecule is Cc1cccc(-c2cccc(NN)c2)c1.Cl. The molecule has 2 nitrogen and oxygen atoms in total. The number of nitrogen functional groups attached to an aromatic ring is 1. The molecule has 0 aliphatic rings. The zero-order chi connectivity index (χ0) is 10.7. The van der Waals surface area contributed by atoms with Gasteiger partial charge in [0.2, 0.25) is 0 Å². The number of rotatable bonds is 2. The van der Waals surface area contributed by atoms with Crippen molar-refractivity contribution in [3.8, 4) is 11.1 Å². The second-order valence-corrected chi connectivity index (χ2v) is 3.59. The molecule has 0 amide bonds. The molecule has 0 bridgehead atoms. The Bertz CT molecular complexity index is 469. The Balaban J connectivity index is 0.00000128. The van der Waals surface area contributed by atoms with Crippen LogP contribution in [0.1, 0.15) is 5.56 Å². The molecule has 16 heavy (non-hydrogen) atoms. The number of hydrazine groups is 1. The highest BCUT2D eigenvalue weighted by Gasteiger charge is 1.98. The molecular weight excluding hydrogens is 220 g/mol. The average Bonchev–Trinajstić information content (AvgIpc) is 2.29. The van der Waals surface area contributed by atoms with Gasteiger partial charge < -0.3 is 5.43 Å². The van der Waals surface area contributed by atoms with E-state index in [0.717, 1.165) is 5.69 Å². The maximum absolute atomic E-state index is 5.38. The second-order valence-electron chi connectivity index (χ2n) is 3.59. The molecule has 3 N–H and O–H groups in total. The molecule has 0 atom stereocenters. The third kappa shape index (κ3) is 2.75. The Hall–Kier alpha value is -1.51. The lowest BCUT2D eigenvalue weighted by Gasteiger charge is -2.05. The monoisotopic (exact) mass is 234 g/mol. The topological polar surface area (TPSA) is 38.0 Å². The van der Waals surface area contributed by atoms with E-state index in [2.05, 4.69) is 42.7 Å². The molecule has 0 saturated carbocycles. The number of aryl methyl sites for hydroxylation is 1. The molecule has 0 spiro atoms. The Labute approximate surface area is 102 Å². The van der Waals surface area contributed by atoms with Gasteiger partial charge in [0.15, 0.2) is 0 Å². The number of benzene rings is 2. The second kappa shape index (κ2) is 5.54. The fraction of sp³-hybridized carbons (Fsp3) is 0.0769. The zero-order valence-electron chi connectivity index (χ0n) is 9.10. The fourth-order valence-corrected chi connectivity index (χ4v) is 1.61. The molecule has 0 aliphatic carbocycles. The van der Waals surface area contributed by atoms with Crippen LogP contribution in [0.25, 0.3) is 11.1 Å². The fourth-order valence-electron chi connectivity index (χ4n) is 1.61. The van der Waals surface area contributed by atoms with Crippen LogP contribution in [0.15, 0.2) is 48.5 Å². The van der Waals surface area contributed by atoms with Gasteiger partial charge in [0.05, 0.1) is 0 Å². The molecule has 2 aromatic rings. The van der Waals surface area contributed by atoms with Crippen LogP contribution in [0, 0.1) is 6.92 Å². The molecule has 0 fully saturated rings. The van der Waals surface area contributed by atoms with Crippen molar-refractivity contribution in [2.75, 3.05) is 5.43 Å². The molecule has 0 aliphatic heterocycles. The molecule has 2 rings (SSSR count). The van der Waals surface area contributed by atoms with E-state index in [1.807, 2.05) is 18.2 Å². The molecule has 3 heteroatoms. The molecule has 0 saturated heterocycles. The predicted molar refractivity (Wildman–Crippen MR) is 71.7 cm³/mol. The lowest BCUT2D eigenvalue weighted by molar-refractivity contribution is 1.35. The molecule has 0 heterocycles. The third-order valence-corrected chi connectivity index (χ3v) is 2.38. The van der Waals surface area contributed by atoms with E-state index in [1.54, 1.807) is 0 Å². The van der Waals surface area contributed by atoms with Crippen LogP contribution >= 0.6 is 12.4 Å². The van der Waals surface area contributed by atoms with Crippen LogP contribution in [0.3, 0.4) is 0 Å². The van der Waals surface area contributed by atoms with Gasteiger partial charge in [-0.1, -0.05) is 42.0 Å². The van der Waals surface area contributed by atoms with Crippen LogP contribution in [-0.4, -0.2) is 0 Å². The van der Waals surface area contributed by atoms with E-state index in [9.17, 15) is 0 Å². The largest absolute Gasteiger partial charge is 0.324 e. The van der Waals surface area contributed by atoms with Crippen LogP contribution in [-0.2, 0) is 0 Å². The maximum Gasteiger partial charge on any atom is 0.0491 e. The molecule has 84 valence electrons. The first-order chi connectivity index (χ1) is 7.29. The van der Waals surface area contributed by atoms with Crippen LogP contribution in [0.4, 0.5) is 5.69 Å². The van der Waals surface area contributed by atoms with Crippen LogP contribution in [0.5, 0.6) is 0 Å². The highest BCUT2D eigenvalue weighted by atomic mass is 35.5. The van der Waals surface area contributed by atoms with Gasteiger partial charge >= 0.3 is 0 Å². The van der Waals surface area contributed by atoms with Crippen LogP contribution in [0.2, 0.25) is 0 Å². The predicted octanol–water partition coefficient (Wildman–Crippen LogP) is 3.37. The molecular formula is C13H15ClN2. The standard InChI is InChI=1S/C13H14N2.ClH/c1-10-4-2-5-11(8-10)12-6-3-7-13(9-12)15-14;/h2-9,15H,14H2,1H3;1H. The summed E-state index contributed by atoms with van der Waals surface area (Å²) in [5.74, 6) is 5.38.